The fourth-order valence-corrected chi connectivity index (χ4v) is 3.06. The van der Waals surface area contributed by atoms with E-state index >= 15 is 0 Å². The maximum atomic E-state index is 13.1. The van der Waals surface area contributed by atoms with Crippen molar-refractivity contribution >= 4 is 11.6 Å². The summed E-state index contributed by atoms with van der Waals surface area (Å²) in [6.45, 7) is 2.97. The van der Waals surface area contributed by atoms with Gasteiger partial charge in [0, 0.05) is 18.2 Å². The molecule has 0 radical (unpaired) electrons. The molecule has 0 saturated heterocycles. The van der Waals surface area contributed by atoms with Crippen LogP contribution >= 0.6 is 11.6 Å². The molecule has 4 heteroatoms. The molecule has 2 rings (SSSR count). The summed E-state index contributed by atoms with van der Waals surface area (Å²) in [5, 5.41) is 3.98. The number of nitrogens with one attached hydrogen (secondary N) is 1. The number of methoxy groups -OCH3 is 1. The number of ether oxygens (including phenoxy) is 1. The van der Waals surface area contributed by atoms with E-state index in [0.29, 0.717) is 5.02 Å². The van der Waals surface area contributed by atoms with E-state index in [2.05, 4.69) is 12.2 Å². The molecule has 1 N–H and O–H groups in total. The minimum Gasteiger partial charge on any atom is -0.377 e. The Morgan fingerprint density at radius 3 is 2.68 bits per heavy atom. The van der Waals surface area contributed by atoms with E-state index < -0.39 is 0 Å². The Morgan fingerprint density at radius 1 is 1.47 bits per heavy atom. The van der Waals surface area contributed by atoms with Gasteiger partial charge < -0.3 is 10.1 Å². The lowest BCUT2D eigenvalue weighted by molar-refractivity contribution is -0.0978. The highest BCUT2D eigenvalue weighted by Gasteiger charge is 2.44. The molecule has 19 heavy (non-hydrogen) atoms. The Bertz CT molecular complexity index is 429. The molecule has 1 unspecified atom stereocenters. The van der Waals surface area contributed by atoms with Gasteiger partial charge in [-0.2, -0.15) is 0 Å². The molecule has 0 aliphatic heterocycles. The molecular formula is C15H21ClFNO. The Morgan fingerprint density at radius 2 is 2.21 bits per heavy atom. The van der Waals surface area contributed by atoms with E-state index in [9.17, 15) is 4.39 Å². The second-order valence-corrected chi connectivity index (χ2v) is 5.58. The van der Waals surface area contributed by atoms with Crippen LogP contribution < -0.4 is 5.32 Å². The quantitative estimate of drug-likeness (QED) is 0.863. The molecule has 0 amide bonds. The number of hydrogen-bond acceptors (Lipinski definition) is 2. The zero-order valence-electron chi connectivity index (χ0n) is 11.5. The molecule has 0 heterocycles. The van der Waals surface area contributed by atoms with Gasteiger partial charge in [-0.05, 0) is 49.9 Å². The smallest absolute Gasteiger partial charge is 0.124 e. The van der Waals surface area contributed by atoms with Crippen LogP contribution in [0.2, 0.25) is 5.02 Å². The van der Waals surface area contributed by atoms with Gasteiger partial charge in [-0.15, -0.1) is 0 Å². The summed E-state index contributed by atoms with van der Waals surface area (Å²) in [6, 6.07) is 4.83. The molecule has 1 aliphatic rings. The first-order valence-electron chi connectivity index (χ1n) is 6.84. The fourth-order valence-electron chi connectivity index (χ4n) is 2.82. The van der Waals surface area contributed by atoms with Crippen molar-refractivity contribution < 1.29 is 9.13 Å². The summed E-state index contributed by atoms with van der Waals surface area (Å²) in [6.07, 6.45) is 4.10. The summed E-state index contributed by atoms with van der Waals surface area (Å²) < 4.78 is 18.8. The lowest BCUT2D eigenvalue weighted by Crippen LogP contribution is -2.57. The molecule has 0 bridgehead atoms. The first-order valence-corrected chi connectivity index (χ1v) is 7.21. The van der Waals surface area contributed by atoms with Crippen LogP contribution in [-0.4, -0.2) is 25.3 Å². The number of hydrogen-bond donors (Lipinski definition) is 1. The van der Waals surface area contributed by atoms with E-state index in [1.807, 2.05) is 0 Å². The van der Waals surface area contributed by atoms with Crippen molar-refractivity contribution in [2.24, 2.45) is 0 Å². The van der Waals surface area contributed by atoms with E-state index in [1.165, 1.54) is 18.6 Å². The predicted molar refractivity (Wildman–Crippen MR) is 76.2 cm³/mol. The van der Waals surface area contributed by atoms with Crippen molar-refractivity contribution in [3.8, 4) is 0 Å². The van der Waals surface area contributed by atoms with Crippen molar-refractivity contribution in [1.82, 2.24) is 5.32 Å². The highest BCUT2D eigenvalue weighted by Crippen LogP contribution is 2.39. The largest absolute Gasteiger partial charge is 0.377 e. The molecule has 1 aromatic rings. The summed E-state index contributed by atoms with van der Waals surface area (Å²) >= 11 is 6.12. The van der Waals surface area contributed by atoms with Crippen LogP contribution in [0.4, 0.5) is 4.39 Å². The van der Waals surface area contributed by atoms with Crippen molar-refractivity contribution in [3.05, 3.63) is 34.6 Å². The maximum absolute atomic E-state index is 13.1. The molecule has 2 nitrogen and oxygen atoms in total. The predicted octanol–water partition coefficient (Wildman–Crippen LogP) is 3.57. The molecule has 1 aromatic carbocycles. The fraction of sp³-hybridized carbons (Fsp3) is 0.600. The molecule has 1 saturated carbocycles. The molecule has 106 valence electrons. The first kappa shape index (κ1) is 14.8. The van der Waals surface area contributed by atoms with Gasteiger partial charge in [-0.25, -0.2) is 4.39 Å². The van der Waals surface area contributed by atoms with E-state index in [4.69, 9.17) is 16.3 Å². The Labute approximate surface area is 119 Å². The van der Waals surface area contributed by atoms with E-state index in [1.54, 1.807) is 13.2 Å². The third-order valence-corrected chi connectivity index (χ3v) is 4.48. The number of benzene rings is 1. The number of halogens is 2. The lowest BCUT2D eigenvalue weighted by Gasteiger charge is -2.47. The van der Waals surface area contributed by atoms with Gasteiger partial charge in [0.1, 0.15) is 5.82 Å². The Balaban J connectivity index is 2.16. The normalized spacial score (nSPS) is 18.9. The lowest BCUT2D eigenvalue weighted by atomic mass is 9.72. The van der Waals surface area contributed by atoms with Crippen molar-refractivity contribution in [1.29, 1.82) is 0 Å². The highest BCUT2D eigenvalue weighted by molar-refractivity contribution is 6.31. The summed E-state index contributed by atoms with van der Waals surface area (Å²) in [4.78, 5) is 0. The van der Waals surface area contributed by atoms with Crippen LogP contribution in [0, 0.1) is 5.82 Å². The van der Waals surface area contributed by atoms with Crippen molar-refractivity contribution in [2.45, 2.75) is 44.2 Å². The first-order chi connectivity index (χ1) is 9.11. The highest BCUT2D eigenvalue weighted by atomic mass is 35.5. The van der Waals surface area contributed by atoms with Crippen LogP contribution in [0.3, 0.4) is 0 Å². The topological polar surface area (TPSA) is 21.3 Å². The standard InChI is InChI=1S/C15H21ClFNO/c1-3-18-14(15(19-2)7-4-8-15)9-11-5-6-12(17)10-13(11)16/h5-6,10,14,18H,3-4,7-9H2,1-2H3. The van der Waals surface area contributed by atoms with Gasteiger partial charge >= 0.3 is 0 Å². The average molecular weight is 286 g/mol. The van der Waals surface area contributed by atoms with Crippen molar-refractivity contribution in [2.75, 3.05) is 13.7 Å². The number of likely N-dealkylation sites (N-methyl/N-ethyl adjacent to an activating group) is 1. The summed E-state index contributed by atoms with van der Waals surface area (Å²) in [5.74, 6) is -0.293. The van der Waals surface area contributed by atoms with Crippen LogP contribution in [0.15, 0.2) is 18.2 Å². The van der Waals surface area contributed by atoms with Gasteiger partial charge in [0.15, 0.2) is 0 Å². The van der Waals surface area contributed by atoms with Crippen LogP contribution in [-0.2, 0) is 11.2 Å². The van der Waals surface area contributed by atoms with Crippen LogP contribution in [0.1, 0.15) is 31.7 Å². The van der Waals surface area contributed by atoms with E-state index in [0.717, 1.165) is 31.4 Å². The molecule has 1 fully saturated rings. The maximum Gasteiger partial charge on any atom is 0.124 e. The minimum absolute atomic E-state index is 0.0896. The molecule has 1 aliphatic carbocycles. The van der Waals surface area contributed by atoms with E-state index in [-0.39, 0.29) is 17.5 Å². The van der Waals surface area contributed by atoms with Crippen LogP contribution in [0.25, 0.3) is 0 Å². The van der Waals surface area contributed by atoms with Crippen molar-refractivity contribution in [3.63, 3.8) is 0 Å². The van der Waals surface area contributed by atoms with Gasteiger partial charge in [-0.3, -0.25) is 0 Å². The van der Waals surface area contributed by atoms with Gasteiger partial charge in [0.05, 0.1) is 5.60 Å². The average Bonchev–Trinajstić information content (AvgIpc) is 2.32. The van der Waals surface area contributed by atoms with Gasteiger partial charge in [-0.1, -0.05) is 24.6 Å². The third-order valence-electron chi connectivity index (χ3n) is 4.13. The second-order valence-electron chi connectivity index (χ2n) is 5.17. The summed E-state index contributed by atoms with van der Waals surface area (Å²) in [5.41, 5.74) is 0.880. The molecule has 1 atom stereocenters. The second kappa shape index (κ2) is 6.21. The Kier molecular flexibility index (Phi) is 4.82. The SMILES string of the molecule is CCNC(Cc1ccc(F)cc1Cl)C1(OC)CCC1. The Hall–Kier alpha value is -0.640. The van der Waals surface area contributed by atoms with Gasteiger partial charge in [0.2, 0.25) is 0 Å². The zero-order valence-corrected chi connectivity index (χ0v) is 12.3. The molecular weight excluding hydrogens is 265 g/mol. The molecule has 0 aromatic heterocycles. The van der Waals surface area contributed by atoms with Gasteiger partial charge in [0.25, 0.3) is 0 Å². The molecule has 0 spiro atoms. The monoisotopic (exact) mass is 285 g/mol. The third kappa shape index (κ3) is 3.10. The van der Waals surface area contributed by atoms with Crippen LogP contribution in [0.5, 0.6) is 0 Å². The zero-order chi connectivity index (χ0) is 13.9. The summed E-state index contributed by atoms with van der Waals surface area (Å²) in [7, 11) is 1.77. The minimum atomic E-state index is -0.293. The number of rotatable bonds is 6.